The van der Waals surface area contributed by atoms with Gasteiger partial charge in [-0.3, -0.25) is 0 Å². The molecule has 0 saturated heterocycles. The summed E-state index contributed by atoms with van der Waals surface area (Å²) in [5, 5.41) is 7.76. The second-order valence-electron chi connectivity index (χ2n) is 2.31. The van der Waals surface area contributed by atoms with Crippen LogP contribution in [0.25, 0.3) is 0 Å². The third-order valence-electron chi connectivity index (χ3n) is 1.39. The first-order chi connectivity index (χ1) is 6.34. The van der Waals surface area contributed by atoms with E-state index in [0.717, 1.165) is 14.6 Å². The lowest BCUT2D eigenvalue weighted by Crippen LogP contribution is -1.98. The van der Waals surface area contributed by atoms with Gasteiger partial charge in [0.05, 0.1) is 16.5 Å². The lowest BCUT2D eigenvalue weighted by atomic mass is 10.4. The number of halogens is 1. The quantitative estimate of drug-likeness (QED) is 0.921. The predicted octanol–water partition coefficient (Wildman–Crippen LogP) is 2.51. The van der Waals surface area contributed by atoms with Crippen LogP contribution in [0.5, 0.6) is 0 Å². The summed E-state index contributed by atoms with van der Waals surface area (Å²) in [4.78, 5) is 4.12. The number of hydrogen-bond donors (Lipinski definition) is 1. The molecule has 0 saturated carbocycles. The molecule has 2 heterocycles. The maximum atomic E-state index is 4.69. The van der Waals surface area contributed by atoms with E-state index in [1.165, 1.54) is 0 Å². The highest BCUT2D eigenvalue weighted by Crippen LogP contribution is 2.23. The van der Waals surface area contributed by atoms with Crippen molar-refractivity contribution in [2.45, 2.75) is 6.54 Å². The summed E-state index contributed by atoms with van der Waals surface area (Å²) in [6, 6.07) is 1.82. The van der Waals surface area contributed by atoms with Crippen molar-refractivity contribution < 1.29 is 4.52 Å². The summed E-state index contributed by atoms with van der Waals surface area (Å²) >= 11 is 4.88. The van der Waals surface area contributed by atoms with Gasteiger partial charge in [-0.05, 0) is 15.9 Å². The first kappa shape index (κ1) is 8.71. The lowest BCUT2D eigenvalue weighted by Gasteiger charge is -1.96. The van der Waals surface area contributed by atoms with Gasteiger partial charge in [0.1, 0.15) is 12.0 Å². The molecule has 0 aromatic carbocycles. The molecule has 2 aromatic heterocycles. The molecule has 0 amide bonds. The average molecular weight is 260 g/mol. The van der Waals surface area contributed by atoms with E-state index in [1.54, 1.807) is 23.8 Å². The Morgan fingerprint density at radius 3 is 3.15 bits per heavy atom. The minimum Gasteiger partial charge on any atom is -0.364 e. The van der Waals surface area contributed by atoms with Crippen LogP contribution in [-0.4, -0.2) is 10.1 Å². The molecule has 68 valence electrons. The number of nitrogens with zero attached hydrogens (tertiary/aromatic N) is 2. The predicted molar refractivity (Wildman–Crippen MR) is 53.6 cm³/mol. The maximum absolute atomic E-state index is 4.69. The van der Waals surface area contributed by atoms with E-state index < -0.39 is 0 Å². The Morgan fingerprint density at radius 1 is 1.62 bits per heavy atom. The summed E-state index contributed by atoms with van der Waals surface area (Å²) < 4.78 is 5.70. The van der Waals surface area contributed by atoms with E-state index in [0.29, 0.717) is 6.54 Å². The Labute approximate surface area is 87.1 Å². The van der Waals surface area contributed by atoms with Crippen molar-refractivity contribution in [2.24, 2.45) is 0 Å². The van der Waals surface area contributed by atoms with Gasteiger partial charge in [-0.25, -0.2) is 4.98 Å². The van der Waals surface area contributed by atoms with Crippen molar-refractivity contribution in [2.75, 3.05) is 5.32 Å². The molecule has 2 aromatic rings. The van der Waals surface area contributed by atoms with E-state index in [9.17, 15) is 0 Å². The minimum atomic E-state index is 0.635. The van der Waals surface area contributed by atoms with Crippen LogP contribution in [0.4, 0.5) is 5.13 Å². The highest BCUT2D eigenvalue weighted by molar-refractivity contribution is 9.11. The van der Waals surface area contributed by atoms with Crippen LogP contribution in [-0.2, 0) is 6.54 Å². The van der Waals surface area contributed by atoms with E-state index in [-0.39, 0.29) is 0 Å². The Hall–Kier alpha value is -0.880. The Morgan fingerprint density at radius 2 is 2.54 bits per heavy atom. The van der Waals surface area contributed by atoms with Crippen molar-refractivity contribution in [1.82, 2.24) is 10.1 Å². The monoisotopic (exact) mass is 259 g/mol. The summed E-state index contributed by atoms with van der Waals surface area (Å²) in [6.45, 7) is 0.635. The number of thiazole rings is 1. The molecule has 4 nitrogen and oxygen atoms in total. The molecular weight excluding hydrogens is 254 g/mol. The fourth-order valence-corrected chi connectivity index (χ4v) is 1.93. The van der Waals surface area contributed by atoms with Crippen molar-refractivity contribution in [3.63, 3.8) is 0 Å². The molecule has 0 radical (unpaired) electrons. The standard InChI is InChI=1S/C7H6BrN3OS/c8-6-4-10-7(13-6)9-3-5-1-2-12-11-5/h1-2,4H,3H2,(H,9,10). The molecule has 0 atom stereocenters. The molecule has 0 unspecified atom stereocenters. The lowest BCUT2D eigenvalue weighted by molar-refractivity contribution is 0.412. The number of anilines is 1. The fourth-order valence-electron chi connectivity index (χ4n) is 0.831. The number of hydrogen-bond acceptors (Lipinski definition) is 5. The first-order valence-electron chi connectivity index (χ1n) is 3.59. The Kier molecular flexibility index (Phi) is 2.60. The van der Waals surface area contributed by atoms with Crippen LogP contribution in [0, 0.1) is 0 Å². The Balaban J connectivity index is 1.93. The summed E-state index contributed by atoms with van der Waals surface area (Å²) in [5.41, 5.74) is 0.867. The second-order valence-corrected chi connectivity index (χ2v) is 4.72. The van der Waals surface area contributed by atoms with Crippen LogP contribution in [0.15, 0.2) is 26.8 Å². The number of aromatic nitrogens is 2. The molecule has 13 heavy (non-hydrogen) atoms. The van der Waals surface area contributed by atoms with Gasteiger partial charge in [0.2, 0.25) is 0 Å². The summed E-state index contributed by atoms with van der Waals surface area (Å²) in [5.74, 6) is 0. The molecule has 0 fully saturated rings. The molecule has 6 heteroatoms. The second kappa shape index (κ2) is 3.89. The van der Waals surface area contributed by atoms with E-state index in [4.69, 9.17) is 4.52 Å². The van der Waals surface area contributed by atoms with Crippen LogP contribution < -0.4 is 5.32 Å². The van der Waals surface area contributed by atoms with Gasteiger partial charge in [0.25, 0.3) is 0 Å². The van der Waals surface area contributed by atoms with Crippen LogP contribution >= 0.6 is 27.3 Å². The van der Waals surface area contributed by atoms with Crippen molar-refractivity contribution >= 4 is 32.4 Å². The third-order valence-corrected chi connectivity index (χ3v) is 2.82. The number of rotatable bonds is 3. The topological polar surface area (TPSA) is 51.0 Å². The summed E-state index contributed by atoms with van der Waals surface area (Å²) in [7, 11) is 0. The first-order valence-corrected chi connectivity index (χ1v) is 5.20. The van der Waals surface area contributed by atoms with E-state index >= 15 is 0 Å². The molecule has 0 aliphatic heterocycles. The zero-order chi connectivity index (χ0) is 9.10. The largest absolute Gasteiger partial charge is 0.364 e. The average Bonchev–Trinajstić information content (AvgIpc) is 2.71. The van der Waals surface area contributed by atoms with Crippen molar-refractivity contribution in [1.29, 1.82) is 0 Å². The molecule has 1 N–H and O–H groups in total. The highest BCUT2D eigenvalue weighted by Gasteiger charge is 2.00. The van der Waals surface area contributed by atoms with Gasteiger partial charge in [-0.15, -0.1) is 0 Å². The molecule has 0 aliphatic carbocycles. The zero-order valence-electron chi connectivity index (χ0n) is 6.53. The SMILES string of the molecule is Brc1cnc(NCc2ccon2)s1. The Bertz CT molecular complexity index is 373. The minimum absolute atomic E-state index is 0.635. The fraction of sp³-hybridized carbons (Fsp3) is 0.143. The van der Waals surface area contributed by atoms with Gasteiger partial charge < -0.3 is 9.84 Å². The molecule has 2 rings (SSSR count). The molecule has 0 spiro atoms. The van der Waals surface area contributed by atoms with E-state index in [1.807, 2.05) is 6.07 Å². The normalized spacial score (nSPS) is 10.2. The zero-order valence-corrected chi connectivity index (χ0v) is 8.93. The maximum Gasteiger partial charge on any atom is 0.184 e. The van der Waals surface area contributed by atoms with Crippen molar-refractivity contribution in [3.05, 3.63) is 28.0 Å². The van der Waals surface area contributed by atoms with Crippen molar-refractivity contribution in [3.8, 4) is 0 Å². The van der Waals surface area contributed by atoms with Crippen LogP contribution in [0.2, 0.25) is 0 Å². The van der Waals surface area contributed by atoms with Gasteiger partial charge in [0.15, 0.2) is 5.13 Å². The van der Waals surface area contributed by atoms with Gasteiger partial charge in [-0.2, -0.15) is 0 Å². The third kappa shape index (κ3) is 2.28. The molecular formula is C7H6BrN3OS. The van der Waals surface area contributed by atoms with E-state index in [2.05, 4.69) is 31.4 Å². The number of nitrogens with one attached hydrogen (secondary N) is 1. The molecule has 0 bridgehead atoms. The summed E-state index contributed by atoms with van der Waals surface area (Å²) in [6.07, 6.45) is 3.31. The van der Waals surface area contributed by atoms with Gasteiger partial charge in [0, 0.05) is 6.07 Å². The smallest absolute Gasteiger partial charge is 0.184 e. The highest BCUT2D eigenvalue weighted by atomic mass is 79.9. The van der Waals surface area contributed by atoms with Crippen LogP contribution in [0.3, 0.4) is 0 Å². The molecule has 0 aliphatic rings. The van der Waals surface area contributed by atoms with Crippen LogP contribution in [0.1, 0.15) is 5.69 Å². The van der Waals surface area contributed by atoms with Gasteiger partial charge >= 0.3 is 0 Å². The van der Waals surface area contributed by atoms with Gasteiger partial charge in [-0.1, -0.05) is 16.5 Å².